The van der Waals surface area contributed by atoms with Gasteiger partial charge in [-0.3, -0.25) is 4.79 Å². The van der Waals surface area contributed by atoms with Gasteiger partial charge in [0, 0.05) is 19.6 Å². The Kier molecular flexibility index (Phi) is 2.73. The molecule has 0 spiro atoms. The van der Waals surface area contributed by atoms with E-state index in [0.717, 1.165) is 6.54 Å². The lowest BCUT2D eigenvalue weighted by Crippen LogP contribution is -2.59. The Morgan fingerprint density at radius 1 is 1.58 bits per heavy atom. The number of amides is 1. The number of nitrogens with one attached hydrogen (secondary N) is 1. The van der Waals surface area contributed by atoms with Crippen LogP contribution in [0.2, 0.25) is 0 Å². The first kappa shape index (κ1) is 9.52. The highest BCUT2D eigenvalue weighted by atomic mass is 16.2. The maximum Gasteiger partial charge on any atom is 0.239 e. The lowest BCUT2D eigenvalue weighted by molar-refractivity contribution is -0.137. The summed E-state index contributed by atoms with van der Waals surface area (Å²) in [5, 5.41) is 3.20. The number of hydrogen-bond acceptors (Lipinski definition) is 2. The van der Waals surface area contributed by atoms with Crippen molar-refractivity contribution in [2.45, 2.75) is 32.9 Å². The van der Waals surface area contributed by atoms with Crippen LogP contribution in [-0.4, -0.2) is 36.5 Å². The molecule has 1 heterocycles. The zero-order chi connectivity index (χ0) is 9.30. The Balaban J connectivity index is 2.65. The van der Waals surface area contributed by atoms with Crippen molar-refractivity contribution in [1.82, 2.24) is 10.2 Å². The predicted molar refractivity (Wildman–Crippen MR) is 48.9 cm³/mol. The minimum absolute atomic E-state index is 0.00926. The fourth-order valence-electron chi connectivity index (χ4n) is 1.67. The van der Waals surface area contributed by atoms with Crippen molar-refractivity contribution in [2.24, 2.45) is 5.92 Å². The molecule has 12 heavy (non-hydrogen) atoms. The van der Waals surface area contributed by atoms with Crippen molar-refractivity contribution in [3.8, 4) is 0 Å². The van der Waals surface area contributed by atoms with Crippen LogP contribution in [0.25, 0.3) is 0 Å². The number of likely N-dealkylation sites (N-methyl/N-ethyl adjacent to an activating group) is 1. The standard InChI is InChI=1S/C9H18N2O/c1-6(2)8-5-10-7(3)9(12)11(8)4/h6-8,10H,5H2,1-4H3/t7-,8-/m0/s1. The second kappa shape index (κ2) is 3.44. The maximum absolute atomic E-state index is 11.5. The van der Waals surface area contributed by atoms with Crippen molar-refractivity contribution < 1.29 is 4.79 Å². The van der Waals surface area contributed by atoms with Crippen LogP contribution in [0.5, 0.6) is 0 Å². The molecule has 1 aliphatic rings. The molecule has 70 valence electrons. The van der Waals surface area contributed by atoms with Crippen LogP contribution in [0.1, 0.15) is 20.8 Å². The van der Waals surface area contributed by atoms with Gasteiger partial charge < -0.3 is 10.2 Å². The number of rotatable bonds is 1. The summed E-state index contributed by atoms with van der Waals surface area (Å²) in [6.07, 6.45) is 0. The van der Waals surface area contributed by atoms with Gasteiger partial charge in [-0.2, -0.15) is 0 Å². The number of nitrogens with zero attached hydrogens (tertiary/aromatic N) is 1. The fraction of sp³-hybridized carbons (Fsp3) is 0.889. The molecule has 1 saturated heterocycles. The van der Waals surface area contributed by atoms with E-state index < -0.39 is 0 Å². The summed E-state index contributed by atoms with van der Waals surface area (Å²) in [4.78, 5) is 13.4. The summed E-state index contributed by atoms with van der Waals surface area (Å²) in [7, 11) is 1.89. The number of piperazine rings is 1. The lowest BCUT2D eigenvalue weighted by atomic mass is 9.99. The van der Waals surface area contributed by atoms with Crippen molar-refractivity contribution in [2.75, 3.05) is 13.6 Å². The van der Waals surface area contributed by atoms with E-state index in [9.17, 15) is 4.79 Å². The van der Waals surface area contributed by atoms with Crippen molar-refractivity contribution in [3.05, 3.63) is 0 Å². The van der Waals surface area contributed by atoms with Gasteiger partial charge in [0.05, 0.1) is 6.04 Å². The monoisotopic (exact) mass is 170 g/mol. The van der Waals surface area contributed by atoms with Gasteiger partial charge >= 0.3 is 0 Å². The number of carbonyl (C=O) groups excluding carboxylic acids is 1. The van der Waals surface area contributed by atoms with Gasteiger partial charge in [-0.1, -0.05) is 13.8 Å². The molecular formula is C9H18N2O. The second-order valence-electron chi connectivity index (χ2n) is 3.89. The van der Waals surface area contributed by atoms with Crippen LogP contribution in [-0.2, 0) is 4.79 Å². The normalized spacial score (nSPS) is 31.4. The van der Waals surface area contributed by atoms with E-state index >= 15 is 0 Å². The fourth-order valence-corrected chi connectivity index (χ4v) is 1.67. The minimum atomic E-state index is -0.00926. The van der Waals surface area contributed by atoms with Crippen LogP contribution in [0, 0.1) is 5.92 Å². The van der Waals surface area contributed by atoms with Gasteiger partial charge in [0.25, 0.3) is 0 Å². The first-order valence-electron chi connectivity index (χ1n) is 4.54. The molecular weight excluding hydrogens is 152 g/mol. The highest BCUT2D eigenvalue weighted by Crippen LogP contribution is 2.13. The Hall–Kier alpha value is -0.570. The van der Waals surface area contributed by atoms with Gasteiger partial charge in [-0.15, -0.1) is 0 Å². The molecule has 0 aromatic carbocycles. The van der Waals surface area contributed by atoms with Crippen molar-refractivity contribution in [3.63, 3.8) is 0 Å². The highest BCUT2D eigenvalue weighted by Gasteiger charge is 2.31. The van der Waals surface area contributed by atoms with Gasteiger partial charge in [-0.05, 0) is 12.8 Å². The summed E-state index contributed by atoms with van der Waals surface area (Å²) >= 11 is 0. The van der Waals surface area contributed by atoms with Crippen LogP contribution < -0.4 is 5.32 Å². The van der Waals surface area contributed by atoms with Gasteiger partial charge in [0.15, 0.2) is 0 Å². The molecule has 0 aromatic heterocycles. The van der Waals surface area contributed by atoms with E-state index in [2.05, 4.69) is 19.2 Å². The summed E-state index contributed by atoms with van der Waals surface area (Å²) < 4.78 is 0. The second-order valence-corrected chi connectivity index (χ2v) is 3.89. The zero-order valence-electron chi connectivity index (χ0n) is 8.29. The van der Waals surface area contributed by atoms with E-state index in [1.165, 1.54) is 0 Å². The summed E-state index contributed by atoms with van der Waals surface area (Å²) in [5.41, 5.74) is 0. The van der Waals surface area contributed by atoms with Crippen molar-refractivity contribution in [1.29, 1.82) is 0 Å². The van der Waals surface area contributed by atoms with Crippen LogP contribution in [0.15, 0.2) is 0 Å². The minimum Gasteiger partial charge on any atom is -0.340 e. The van der Waals surface area contributed by atoms with Gasteiger partial charge in [0.2, 0.25) is 5.91 Å². The third-order valence-electron chi connectivity index (χ3n) is 2.62. The highest BCUT2D eigenvalue weighted by molar-refractivity contribution is 5.82. The van der Waals surface area contributed by atoms with E-state index in [0.29, 0.717) is 12.0 Å². The van der Waals surface area contributed by atoms with Crippen molar-refractivity contribution >= 4 is 5.91 Å². The molecule has 1 fully saturated rings. The molecule has 1 amide bonds. The molecule has 0 unspecified atom stereocenters. The average molecular weight is 170 g/mol. The van der Waals surface area contributed by atoms with Gasteiger partial charge in [0.1, 0.15) is 0 Å². The Morgan fingerprint density at radius 2 is 2.17 bits per heavy atom. The SMILES string of the molecule is CC(C)[C@@H]1CN[C@@H](C)C(=O)N1C. The third kappa shape index (κ3) is 1.61. The molecule has 0 aromatic rings. The van der Waals surface area contributed by atoms with Crippen LogP contribution in [0.3, 0.4) is 0 Å². The maximum atomic E-state index is 11.5. The van der Waals surface area contributed by atoms with E-state index in [1.807, 2.05) is 18.9 Å². The molecule has 0 aliphatic carbocycles. The molecule has 3 heteroatoms. The summed E-state index contributed by atoms with van der Waals surface area (Å²) in [5.74, 6) is 0.735. The van der Waals surface area contributed by atoms with Crippen LogP contribution >= 0.6 is 0 Å². The first-order valence-corrected chi connectivity index (χ1v) is 4.54. The van der Waals surface area contributed by atoms with Gasteiger partial charge in [-0.25, -0.2) is 0 Å². The summed E-state index contributed by atoms with van der Waals surface area (Å²) in [6, 6.07) is 0.346. The topological polar surface area (TPSA) is 32.3 Å². The molecule has 0 bridgehead atoms. The number of carbonyl (C=O) groups is 1. The Morgan fingerprint density at radius 3 is 2.67 bits per heavy atom. The third-order valence-corrected chi connectivity index (χ3v) is 2.62. The zero-order valence-corrected chi connectivity index (χ0v) is 8.29. The number of hydrogen-bond donors (Lipinski definition) is 1. The van der Waals surface area contributed by atoms with E-state index in [-0.39, 0.29) is 11.9 Å². The Bertz CT molecular complexity index is 179. The smallest absolute Gasteiger partial charge is 0.239 e. The quantitative estimate of drug-likeness (QED) is 0.620. The molecule has 3 nitrogen and oxygen atoms in total. The molecule has 0 radical (unpaired) electrons. The largest absolute Gasteiger partial charge is 0.340 e. The van der Waals surface area contributed by atoms with E-state index in [1.54, 1.807) is 0 Å². The summed E-state index contributed by atoms with van der Waals surface area (Å²) in [6.45, 7) is 7.12. The molecule has 2 atom stereocenters. The molecule has 0 saturated carbocycles. The van der Waals surface area contributed by atoms with E-state index in [4.69, 9.17) is 0 Å². The lowest BCUT2D eigenvalue weighted by Gasteiger charge is -2.38. The molecule has 1 aliphatic heterocycles. The molecule has 1 rings (SSSR count). The molecule has 1 N–H and O–H groups in total. The van der Waals surface area contributed by atoms with Crippen LogP contribution in [0.4, 0.5) is 0 Å². The first-order chi connectivity index (χ1) is 5.54. The average Bonchev–Trinajstić information content (AvgIpc) is 2.00. The predicted octanol–water partition coefficient (Wildman–Crippen LogP) is 0.461. The Labute approximate surface area is 74.1 Å².